The zero-order valence-electron chi connectivity index (χ0n) is 14.7. The van der Waals surface area contributed by atoms with Gasteiger partial charge in [-0.2, -0.15) is 5.26 Å². The van der Waals surface area contributed by atoms with Crippen molar-refractivity contribution in [2.75, 3.05) is 13.2 Å². The Hall–Kier alpha value is -2.23. The Kier molecular flexibility index (Phi) is 6.25. The van der Waals surface area contributed by atoms with E-state index < -0.39 is 0 Å². The van der Waals surface area contributed by atoms with Crippen molar-refractivity contribution in [1.29, 1.82) is 5.26 Å². The van der Waals surface area contributed by atoms with Crippen molar-refractivity contribution in [1.82, 2.24) is 5.32 Å². The molecule has 0 aliphatic heterocycles. The van der Waals surface area contributed by atoms with E-state index >= 15 is 0 Å². The van der Waals surface area contributed by atoms with Crippen LogP contribution in [-0.2, 0) is 11.2 Å². The summed E-state index contributed by atoms with van der Waals surface area (Å²) in [7, 11) is 0. The summed E-state index contributed by atoms with van der Waals surface area (Å²) >= 11 is 9.40. The molecular formula is C20H18BrClN2O3. The summed E-state index contributed by atoms with van der Waals surface area (Å²) in [5.74, 6) is 0.614. The van der Waals surface area contributed by atoms with Crippen LogP contribution in [0.1, 0.15) is 36.1 Å². The summed E-state index contributed by atoms with van der Waals surface area (Å²) in [6, 6.07) is 11.0. The Labute approximate surface area is 171 Å². The lowest BCUT2D eigenvalue weighted by atomic mass is 10.1. The number of ether oxygens (including phenoxy) is 2. The molecule has 0 aromatic heterocycles. The molecule has 5 nitrogen and oxygen atoms in total. The minimum absolute atomic E-state index is 0.0378. The van der Waals surface area contributed by atoms with Gasteiger partial charge in [-0.25, -0.2) is 0 Å². The van der Waals surface area contributed by atoms with Gasteiger partial charge in [0, 0.05) is 11.1 Å². The lowest BCUT2D eigenvalue weighted by molar-refractivity contribution is -0.123. The Balaban J connectivity index is 1.66. The van der Waals surface area contributed by atoms with Crippen molar-refractivity contribution in [3.8, 4) is 17.6 Å². The number of benzene rings is 2. The second kappa shape index (κ2) is 8.64. The van der Waals surface area contributed by atoms with Crippen molar-refractivity contribution in [2.45, 2.75) is 25.8 Å². The first-order chi connectivity index (χ1) is 13.0. The molecule has 1 amide bonds. The molecule has 1 unspecified atom stereocenters. The van der Waals surface area contributed by atoms with Crippen LogP contribution in [0.25, 0.3) is 0 Å². The number of rotatable bonds is 6. The maximum Gasteiger partial charge on any atom is 0.258 e. The largest absolute Gasteiger partial charge is 0.490 e. The van der Waals surface area contributed by atoms with Gasteiger partial charge >= 0.3 is 0 Å². The third kappa shape index (κ3) is 4.55. The molecule has 3 rings (SSSR count). The van der Waals surface area contributed by atoms with Crippen LogP contribution < -0.4 is 14.8 Å². The van der Waals surface area contributed by atoms with E-state index in [2.05, 4.69) is 27.3 Å². The Morgan fingerprint density at radius 2 is 2.19 bits per heavy atom. The second-order valence-electron chi connectivity index (χ2n) is 6.12. The number of fused-ring (bicyclic) bond motifs is 1. The van der Waals surface area contributed by atoms with E-state index in [1.54, 1.807) is 12.1 Å². The van der Waals surface area contributed by atoms with Crippen molar-refractivity contribution >= 4 is 33.4 Å². The highest BCUT2D eigenvalue weighted by Crippen LogP contribution is 2.37. The summed E-state index contributed by atoms with van der Waals surface area (Å²) in [4.78, 5) is 12.4. The number of nitriles is 1. The minimum atomic E-state index is -0.221. The summed E-state index contributed by atoms with van der Waals surface area (Å²) in [5, 5.41) is 12.8. The molecule has 140 valence electrons. The van der Waals surface area contributed by atoms with Gasteiger partial charge in [0.25, 0.3) is 5.91 Å². The molecule has 27 heavy (non-hydrogen) atoms. The van der Waals surface area contributed by atoms with Crippen molar-refractivity contribution in [3.05, 3.63) is 56.5 Å². The molecule has 0 bridgehead atoms. The van der Waals surface area contributed by atoms with Crippen LogP contribution in [0.3, 0.4) is 0 Å². The predicted octanol–water partition coefficient (Wildman–Crippen LogP) is 4.56. The van der Waals surface area contributed by atoms with E-state index in [0.717, 1.165) is 18.4 Å². The molecule has 1 aliphatic rings. The van der Waals surface area contributed by atoms with E-state index in [1.165, 1.54) is 5.56 Å². The highest BCUT2D eigenvalue weighted by molar-refractivity contribution is 9.10. The van der Waals surface area contributed by atoms with Crippen molar-refractivity contribution < 1.29 is 14.3 Å². The number of hydrogen-bond acceptors (Lipinski definition) is 4. The minimum Gasteiger partial charge on any atom is -0.490 e. The molecule has 0 saturated carbocycles. The number of aryl methyl sites for hydroxylation is 1. The van der Waals surface area contributed by atoms with E-state index in [9.17, 15) is 4.79 Å². The monoisotopic (exact) mass is 448 g/mol. The zero-order valence-corrected chi connectivity index (χ0v) is 17.1. The van der Waals surface area contributed by atoms with Crippen LogP contribution in [0.4, 0.5) is 0 Å². The Bertz CT molecular complexity index is 911. The maximum absolute atomic E-state index is 12.4. The third-order valence-corrected chi connectivity index (χ3v) is 5.13. The lowest BCUT2D eigenvalue weighted by Crippen LogP contribution is -2.31. The number of carbonyl (C=O) groups is 1. The maximum atomic E-state index is 12.4. The first-order valence-electron chi connectivity index (χ1n) is 8.58. The zero-order chi connectivity index (χ0) is 19.4. The highest BCUT2D eigenvalue weighted by Gasteiger charge is 2.24. The molecule has 0 heterocycles. The molecule has 2 aromatic rings. The number of nitrogens with one attached hydrogen (secondary N) is 1. The molecule has 0 fully saturated rings. The fraction of sp³-hybridized carbons (Fsp3) is 0.300. The highest BCUT2D eigenvalue weighted by atomic mass is 79.9. The Morgan fingerprint density at radius 3 is 2.93 bits per heavy atom. The van der Waals surface area contributed by atoms with E-state index in [1.807, 2.05) is 25.1 Å². The van der Waals surface area contributed by atoms with Gasteiger partial charge in [0.2, 0.25) is 0 Å². The topological polar surface area (TPSA) is 71.3 Å². The molecule has 0 spiro atoms. The number of hydrogen-bond donors (Lipinski definition) is 1. The first kappa shape index (κ1) is 19.5. The van der Waals surface area contributed by atoms with Gasteiger partial charge in [-0.15, -0.1) is 0 Å². The standard InChI is InChI=1S/C20H18BrClN2O3/c1-2-26-18-8-12(10-23)7-16(21)20(18)27-11-19(25)24-17-6-3-13-9-14(22)4-5-15(13)17/h4-5,7-9,17H,2-3,6,11H2,1H3,(H,24,25). The van der Waals surface area contributed by atoms with Crippen LogP contribution in [0.15, 0.2) is 34.8 Å². The number of nitrogens with zero attached hydrogens (tertiary/aromatic N) is 1. The van der Waals surface area contributed by atoms with Crippen LogP contribution in [0.2, 0.25) is 5.02 Å². The number of halogens is 2. The average molecular weight is 450 g/mol. The van der Waals surface area contributed by atoms with E-state index in [0.29, 0.717) is 33.2 Å². The molecule has 1 atom stereocenters. The van der Waals surface area contributed by atoms with Crippen LogP contribution in [0.5, 0.6) is 11.5 Å². The summed E-state index contributed by atoms with van der Waals surface area (Å²) in [6.07, 6.45) is 1.73. The van der Waals surface area contributed by atoms with Gasteiger partial charge in [-0.3, -0.25) is 4.79 Å². The molecule has 7 heteroatoms. The second-order valence-corrected chi connectivity index (χ2v) is 7.41. The fourth-order valence-corrected chi connectivity index (χ4v) is 3.90. The average Bonchev–Trinajstić information content (AvgIpc) is 3.02. The van der Waals surface area contributed by atoms with Gasteiger partial charge in [0.1, 0.15) is 0 Å². The van der Waals surface area contributed by atoms with Gasteiger partial charge in [0.15, 0.2) is 18.1 Å². The van der Waals surface area contributed by atoms with Gasteiger partial charge in [0.05, 0.1) is 28.8 Å². The lowest BCUT2D eigenvalue weighted by Gasteiger charge is -2.16. The number of carbonyl (C=O) groups excluding carboxylic acids is 1. The third-order valence-electron chi connectivity index (χ3n) is 4.30. The quantitative estimate of drug-likeness (QED) is 0.702. The number of amides is 1. The SMILES string of the molecule is CCOc1cc(C#N)cc(Br)c1OCC(=O)NC1CCc2cc(Cl)ccc21. The van der Waals surface area contributed by atoms with Crippen LogP contribution >= 0.6 is 27.5 Å². The van der Waals surface area contributed by atoms with E-state index in [-0.39, 0.29) is 18.6 Å². The normalized spacial score (nSPS) is 15.0. The molecular weight excluding hydrogens is 432 g/mol. The van der Waals surface area contributed by atoms with Crippen LogP contribution in [0, 0.1) is 11.3 Å². The van der Waals surface area contributed by atoms with E-state index in [4.69, 9.17) is 26.3 Å². The molecule has 0 saturated heterocycles. The van der Waals surface area contributed by atoms with Crippen LogP contribution in [-0.4, -0.2) is 19.1 Å². The Morgan fingerprint density at radius 1 is 1.37 bits per heavy atom. The fourth-order valence-electron chi connectivity index (χ4n) is 3.15. The van der Waals surface area contributed by atoms with Gasteiger partial charge < -0.3 is 14.8 Å². The molecule has 1 aliphatic carbocycles. The molecule has 1 N–H and O–H groups in total. The van der Waals surface area contributed by atoms with Crippen molar-refractivity contribution in [2.24, 2.45) is 0 Å². The molecule has 0 radical (unpaired) electrons. The summed E-state index contributed by atoms with van der Waals surface area (Å²) in [5.41, 5.74) is 2.72. The first-order valence-corrected chi connectivity index (χ1v) is 9.75. The predicted molar refractivity (Wildman–Crippen MR) is 106 cm³/mol. The summed E-state index contributed by atoms with van der Waals surface area (Å²) in [6.45, 7) is 2.11. The summed E-state index contributed by atoms with van der Waals surface area (Å²) < 4.78 is 11.8. The van der Waals surface area contributed by atoms with Gasteiger partial charge in [-0.1, -0.05) is 17.7 Å². The van der Waals surface area contributed by atoms with Crippen molar-refractivity contribution in [3.63, 3.8) is 0 Å². The molecule has 2 aromatic carbocycles. The van der Waals surface area contributed by atoms with Gasteiger partial charge in [-0.05, 0) is 65.0 Å². The smallest absolute Gasteiger partial charge is 0.258 e.